The molecule has 2 aliphatic heterocycles. The fourth-order valence-corrected chi connectivity index (χ4v) is 2.26. The van der Waals surface area contributed by atoms with Crippen molar-refractivity contribution in [1.29, 1.82) is 0 Å². The third-order valence-corrected chi connectivity index (χ3v) is 3.27. The first-order valence-corrected chi connectivity index (χ1v) is 6.65. The van der Waals surface area contributed by atoms with Crippen LogP contribution in [0.3, 0.4) is 0 Å². The standard InChI is InChI=1S/C15H12ClN3O/c16-10-4-6-18-13(7-10)15-9-11(20)8-14(19-15)12-3-1-2-5-17-12/h1-5,7,9,18H,6,8H2. The van der Waals surface area contributed by atoms with Crippen LogP contribution in [0, 0.1) is 0 Å². The molecule has 0 unspecified atom stereocenters. The zero-order valence-electron chi connectivity index (χ0n) is 10.6. The highest BCUT2D eigenvalue weighted by molar-refractivity contribution is 6.31. The average molecular weight is 286 g/mol. The van der Waals surface area contributed by atoms with Gasteiger partial charge in [-0.1, -0.05) is 17.7 Å². The van der Waals surface area contributed by atoms with E-state index in [0.29, 0.717) is 23.0 Å². The van der Waals surface area contributed by atoms with Crippen LogP contribution >= 0.6 is 11.6 Å². The number of nitrogens with one attached hydrogen (secondary N) is 1. The lowest BCUT2D eigenvalue weighted by Gasteiger charge is -2.17. The van der Waals surface area contributed by atoms with Gasteiger partial charge in [-0.15, -0.1) is 0 Å². The molecule has 0 radical (unpaired) electrons. The Kier molecular flexibility index (Phi) is 3.48. The predicted molar refractivity (Wildman–Crippen MR) is 78.5 cm³/mol. The number of ketones is 1. The summed E-state index contributed by atoms with van der Waals surface area (Å²) in [6, 6.07) is 5.57. The number of halogens is 1. The number of aliphatic imine (C=N–C) groups is 1. The van der Waals surface area contributed by atoms with Gasteiger partial charge in [-0.2, -0.15) is 0 Å². The molecular formula is C15H12ClN3O. The summed E-state index contributed by atoms with van der Waals surface area (Å²) in [7, 11) is 0. The molecule has 2 aliphatic rings. The number of carbonyl (C=O) groups is 1. The Balaban J connectivity index is 1.97. The minimum absolute atomic E-state index is 0.0176. The normalized spacial score (nSPS) is 18.6. The fraction of sp³-hybridized carbons (Fsp3) is 0.133. The van der Waals surface area contributed by atoms with Gasteiger partial charge in [-0.05, 0) is 24.3 Å². The molecule has 3 heterocycles. The maximum atomic E-state index is 11.9. The monoisotopic (exact) mass is 285 g/mol. The van der Waals surface area contributed by atoms with Crippen LogP contribution in [0.2, 0.25) is 0 Å². The minimum Gasteiger partial charge on any atom is -0.380 e. The maximum Gasteiger partial charge on any atom is 0.163 e. The van der Waals surface area contributed by atoms with Crippen LogP contribution in [-0.2, 0) is 4.79 Å². The number of hydrogen-bond donors (Lipinski definition) is 1. The minimum atomic E-state index is 0.0176. The molecule has 0 amide bonds. The molecule has 0 spiro atoms. The van der Waals surface area contributed by atoms with E-state index in [1.165, 1.54) is 0 Å². The highest BCUT2D eigenvalue weighted by Gasteiger charge is 2.19. The lowest BCUT2D eigenvalue weighted by atomic mass is 10.0. The van der Waals surface area contributed by atoms with Crippen molar-refractivity contribution in [2.45, 2.75) is 6.42 Å². The molecule has 0 atom stereocenters. The van der Waals surface area contributed by atoms with E-state index in [-0.39, 0.29) is 12.2 Å². The van der Waals surface area contributed by atoms with E-state index >= 15 is 0 Å². The van der Waals surface area contributed by atoms with E-state index in [1.807, 2.05) is 24.3 Å². The molecule has 0 aliphatic carbocycles. The van der Waals surface area contributed by atoms with Crippen molar-refractivity contribution in [2.75, 3.05) is 6.54 Å². The summed E-state index contributed by atoms with van der Waals surface area (Å²) in [6.07, 6.45) is 7.14. The first-order chi connectivity index (χ1) is 9.72. The van der Waals surface area contributed by atoms with Crippen LogP contribution < -0.4 is 5.32 Å². The van der Waals surface area contributed by atoms with Gasteiger partial charge in [0.05, 0.1) is 29.2 Å². The van der Waals surface area contributed by atoms with Gasteiger partial charge in [-0.25, -0.2) is 4.99 Å². The van der Waals surface area contributed by atoms with Crippen LogP contribution in [0.5, 0.6) is 0 Å². The zero-order chi connectivity index (χ0) is 13.9. The Bertz CT molecular complexity index is 672. The highest BCUT2D eigenvalue weighted by Crippen LogP contribution is 2.21. The van der Waals surface area contributed by atoms with Crippen molar-refractivity contribution in [2.24, 2.45) is 4.99 Å². The predicted octanol–water partition coefficient (Wildman–Crippen LogP) is 2.34. The van der Waals surface area contributed by atoms with Crippen LogP contribution in [0.4, 0.5) is 0 Å². The van der Waals surface area contributed by atoms with Crippen molar-refractivity contribution < 1.29 is 4.79 Å². The number of nitrogens with zero attached hydrogens (tertiary/aromatic N) is 2. The van der Waals surface area contributed by atoms with E-state index in [2.05, 4.69) is 15.3 Å². The lowest BCUT2D eigenvalue weighted by Crippen LogP contribution is -2.22. The average Bonchev–Trinajstić information content (AvgIpc) is 2.47. The van der Waals surface area contributed by atoms with Crippen LogP contribution in [0.1, 0.15) is 12.1 Å². The summed E-state index contributed by atoms with van der Waals surface area (Å²) in [5, 5.41) is 3.81. The largest absolute Gasteiger partial charge is 0.380 e. The lowest BCUT2D eigenvalue weighted by molar-refractivity contribution is -0.113. The molecule has 0 aromatic carbocycles. The Morgan fingerprint density at radius 3 is 2.90 bits per heavy atom. The second-order valence-electron chi connectivity index (χ2n) is 4.47. The van der Waals surface area contributed by atoms with E-state index in [9.17, 15) is 4.79 Å². The van der Waals surface area contributed by atoms with Gasteiger partial charge in [0, 0.05) is 23.8 Å². The number of carbonyl (C=O) groups excluding carboxylic acids is 1. The Morgan fingerprint density at radius 1 is 1.25 bits per heavy atom. The van der Waals surface area contributed by atoms with Crippen molar-refractivity contribution in [3.63, 3.8) is 0 Å². The SMILES string of the molecule is O=C1C=C(C2=CC(Cl)=CCN2)N=C(c2ccccn2)C1. The van der Waals surface area contributed by atoms with E-state index in [0.717, 1.165) is 11.4 Å². The highest BCUT2D eigenvalue weighted by atomic mass is 35.5. The second kappa shape index (κ2) is 5.43. The zero-order valence-corrected chi connectivity index (χ0v) is 11.4. The molecule has 0 saturated carbocycles. The van der Waals surface area contributed by atoms with Gasteiger partial charge in [-0.3, -0.25) is 9.78 Å². The Morgan fingerprint density at radius 2 is 2.15 bits per heavy atom. The number of pyridine rings is 1. The third kappa shape index (κ3) is 2.70. The smallest absolute Gasteiger partial charge is 0.163 e. The Hall–Kier alpha value is -2.20. The van der Waals surface area contributed by atoms with Gasteiger partial charge in [0.25, 0.3) is 0 Å². The van der Waals surface area contributed by atoms with Crippen molar-refractivity contribution in [3.05, 3.63) is 64.7 Å². The summed E-state index contributed by atoms with van der Waals surface area (Å²) in [5.41, 5.74) is 2.78. The van der Waals surface area contributed by atoms with E-state index in [1.54, 1.807) is 18.3 Å². The molecule has 0 bridgehead atoms. The van der Waals surface area contributed by atoms with Crippen molar-refractivity contribution in [1.82, 2.24) is 10.3 Å². The van der Waals surface area contributed by atoms with Crippen LogP contribution in [-0.4, -0.2) is 23.0 Å². The number of aromatic nitrogens is 1. The van der Waals surface area contributed by atoms with Gasteiger partial charge < -0.3 is 5.32 Å². The molecule has 4 nitrogen and oxygen atoms in total. The summed E-state index contributed by atoms with van der Waals surface area (Å²) >= 11 is 5.99. The van der Waals surface area contributed by atoms with E-state index in [4.69, 9.17) is 11.6 Å². The number of allylic oxidation sites excluding steroid dienone is 3. The van der Waals surface area contributed by atoms with Gasteiger partial charge >= 0.3 is 0 Å². The number of rotatable bonds is 2. The third-order valence-electron chi connectivity index (χ3n) is 3.00. The molecule has 0 fully saturated rings. The summed E-state index contributed by atoms with van der Waals surface area (Å²) in [5.74, 6) is 0.0176. The summed E-state index contributed by atoms with van der Waals surface area (Å²) in [6.45, 7) is 0.630. The van der Waals surface area contributed by atoms with Gasteiger partial charge in [0.1, 0.15) is 0 Å². The summed E-state index contributed by atoms with van der Waals surface area (Å²) in [4.78, 5) is 20.7. The molecular weight excluding hydrogens is 274 g/mol. The molecule has 1 aromatic rings. The second-order valence-corrected chi connectivity index (χ2v) is 4.91. The number of dihydropyridines is 1. The van der Waals surface area contributed by atoms with Gasteiger partial charge in [0.2, 0.25) is 0 Å². The first kappa shape index (κ1) is 12.8. The van der Waals surface area contributed by atoms with Gasteiger partial charge in [0.15, 0.2) is 5.78 Å². The number of hydrogen-bond acceptors (Lipinski definition) is 4. The van der Waals surface area contributed by atoms with Crippen LogP contribution in [0.15, 0.2) is 64.0 Å². The molecule has 0 saturated heterocycles. The molecule has 1 N–H and O–H groups in total. The quantitative estimate of drug-likeness (QED) is 0.907. The van der Waals surface area contributed by atoms with E-state index < -0.39 is 0 Å². The van der Waals surface area contributed by atoms with Crippen LogP contribution in [0.25, 0.3) is 0 Å². The fourth-order valence-electron chi connectivity index (χ4n) is 2.08. The topological polar surface area (TPSA) is 54.4 Å². The molecule has 20 heavy (non-hydrogen) atoms. The molecule has 100 valence electrons. The molecule has 3 rings (SSSR count). The molecule has 5 heteroatoms. The van der Waals surface area contributed by atoms with Crippen molar-refractivity contribution >= 4 is 23.1 Å². The molecule has 1 aromatic heterocycles. The maximum absolute atomic E-state index is 11.9. The van der Waals surface area contributed by atoms with Crippen molar-refractivity contribution in [3.8, 4) is 0 Å². The first-order valence-electron chi connectivity index (χ1n) is 6.27. The Labute approximate surface area is 121 Å². The summed E-state index contributed by atoms with van der Waals surface area (Å²) < 4.78 is 0.